The van der Waals surface area contributed by atoms with Crippen LogP contribution in [0.15, 0.2) is 52.3 Å². The predicted molar refractivity (Wildman–Crippen MR) is 74.9 cm³/mol. The number of hydrogen-bond acceptors (Lipinski definition) is 5. The first-order valence-electron chi connectivity index (χ1n) is 5.65. The van der Waals surface area contributed by atoms with Crippen LogP contribution in [0.3, 0.4) is 0 Å². The summed E-state index contributed by atoms with van der Waals surface area (Å²) >= 11 is 1.18. The molecule has 6 heteroatoms. The summed E-state index contributed by atoms with van der Waals surface area (Å²) in [5.41, 5.74) is 0.471. The Morgan fingerprint density at radius 3 is 2.65 bits per heavy atom. The standard InChI is InChI=1S/C14H10N2O3S/c1-19-11-7-6-10(9-15)14(8-11)20-13-5-3-2-4-12(13)16(17)18/h2-8H,1H3. The molecular formula is C14H10N2O3S. The number of nitro groups is 1. The zero-order valence-corrected chi connectivity index (χ0v) is 11.4. The number of nitro benzene ring substituents is 1. The number of para-hydroxylation sites is 1. The van der Waals surface area contributed by atoms with Crippen LogP contribution in [-0.4, -0.2) is 12.0 Å². The Kier molecular flexibility index (Phi) is 4.23. The normalized spacial score (nSPS) is 9.80. The molecule has 0 bridgehead atoms. The van der Waals surface area contributed by atoms with Gasteiger partial charge in [0, 0.05) is 11.0 Å². The molecule has 0 amide bonds. The van der Waals surface area contributed by atoms with Crippen LogP contribution in [0, 0.1) is 21.4 Å². The Balaban J connectivity index is 2.44. The molecule has 0 aromatic heterocycles. The number of nitriles is 1. The summed E-state index contributed by atoms with van der Waals surface area (Å²) in [6, 6.07) is 13.5. The molecule has 0 spiro atoms. The van der Waals surface area contributed by atoms with Gasteiger partial charge in [-0.05, 0) is 24.3 Å². The van der Waals surface area contributed by atoms with E-state index in [1.54, 1.807) is 36.4 Å². The average Bonchev–Trinajstić information content (AvgIpc) is 2.47. The Morgan fingerprint density at radius 1 is 1.25 bits per heavy atom. The Morgan fingerprint density at radius 2 is 2.00 bits per heavy atom. The molecule has 5 nitrogen and oxygen atoms in total. The van der Waals surface area contributed by atoms with Gasteiger partial charge < -0.3 is 4.74 Å². The molecule has 0 aliphatic heterocycles. The summed E-state index contributed by atoms with van der Waals surface area (Å²) in [6.07, 6.45) is 0. The second-order valence-electron chi connectivity index (χ2n) is 3.80. The quantitative estimate of drug-likeness (QED) is 0.633. The summed E-state index contributed by atoms with van der Waals surface area (Å²) in [7, 11) is 1.53. The summed E-state index contributed by atoms with van der Waals surface area (Å²) in [4.78, 5) is 11.7. The lowest BCUT2D eigenvalue weighted by Crippen LogP contribution is -1.91. The van der Waals surface area contributed by atoms with Gasteiger partial charge in [-0.15, -0.1) is 0 Å². The zero-order chi connectivity index (χ0) is 14.5. The molecule has 0 aliphatic rings. The minimum absolute atomic E-state index is 0.0178. The second-order valence-corrected chi connectivity index (χ2v) is 4.88. The maximum Gasteiger partial charge on any atom is 0.283 e. The molecule has 2 aromatic carbocycles. The molecule has 0 atom stereocenters. The van der Waals surface area contributed by atoms with Crippen LogP contribution in [0.25, 0.3) is 0 Å². The van der Waals surface area contributed by atoms with E-state index in [1.807, 2.05) is 0 Å². The lowest BCUT2D eigenvalue weighted by molar-refractivity contribution is -0.387. The summed E-state index contributed by atoms with van der Waals surface area (Å²) in [5, 5.41) is 20.1. The smallest absolute Gasteiger partial charge is 0.283 e. The lowest BCUT2D eigenvalue weighted by atomic mass is 10.2. The lowest BCUT2D eigenvalue weighted by Gasteiger charge is -2.07. The van der Waals surface area contributed by atoms with Crippen LogP contribution in [0.4, 0.5) is 5.69 Å². The average molecular weight is 286 g/mol. The van der Waals surface area contributed by atoms with Crippen molar-refractivity contribution in [3.05, 3.63) is 58.1 Å². The number of ether oxygens (including phenoxy) is 1. The van der Waals surface area contributed by atoms with E-state index in [1.165, 1.54) is 24.9 Å². The fraction of sp³-hybridized carbons (Fsp3) is 0.0714. The number of rotatable bonds is 4. The topological polar surface area (TPSA) is 76.2 Å². The van der Waals surface area contributed by atoms with Crippen LogP contribution in [-0.2, 0) is 0 Å². The monoisotopic (exact) mass is 286 g/mol. The van der Waals surface area contributed by atoms with Gasteiger partial charge in [0.05, 0.1) is 22.5 Å². The van der Waals surface area contributed by atoms with Crippen molar-refractivity contribution in [2.24, 2.45) is 0 Å². The van der Waals surface area contributed by atoms with Crippen LogP contribution in [0.1, 0.15) is 5.56 Å². The van der Waals surface area contributed by atoms with Gasteiger partial charge >= 0.3 is 0 Å². The molecule has 2 rings (SSSR count). The highest BCUT2D eigenvalue weighted by molar-refractivity contribution is 7.99. The van der Waals surface area contributed by atoms with E-state index in [4.69, 9.17) is 10.00 Å². The van der Waals surface area contributed by atoms with Gasteiger partial charge in [-0.25, -0.2) is 0 Å². The molecule has 0 heterocycles. The highest BCUT2D eigenvalue weighted by atomic mass is 32.2. The fourth-order valence-electron chi connectivity index (χ4n) is 1.62. The Bertz CT molecular complexity index is 695. The minimum atomic E-state index is -0.436. The maximum atomic E-state index is 11.0. The first kappa shape index (κ1) is 13.9. The highest BCUT2D eigenvalue weighted by Crippen LogP contribution is 2.37. The second kappa shape index (κ2) is 6.08. The molecule has 0 fully saturated rings. The predicted octanol–water partition coefficient (Wildman–Crippen LogP) is 3.63. The van der Waals surface area contributed by atoms with Gasteiger partial charge in [0.15, 0.2) is 0 Å². The largest absolute Gasteiger partial charge is 0.497 e. The molecule has 0 radical (unpaired) electrons. The van der Waals surface area contributed by atoms with Crippen molar-refractivity contribution >= 4 is 17.4 Å². The van der Waals surface area contributed by atoms with Crippen molar-refractivity contribution in [2.75, 3.05) is 7.11 Å². The van der Waals surface area contributed by atoms with Gasteiger partial charge in [-0.3, -0.25) is 10.1 Å². The van der Waals surface area contributed by atoms with E-state index in [0.29, 0.717) is 21.1 Å². The third kappa shape index (κ3) is 2.90. The van der Waals surface area contributed by atoms with Crippen molar-refractivity contribution in [2.45, 2.75) is 9.79 Å². The first-order chi connectivity index (χ1) is 9.65. The van der Waals surface area contributed by atoms with Gasteiger partial charge in [0.1, 0.15) is 11.8 Å². The van der Waals surface area contributed by atoms with Crippen LogP contribution < -0.4 is 4.74 Å². The number of benzene rings is 2. The highest BCUT2D eigenvalue weighted by Gasteiger charge is 2.15. The Labute approximate surface area is 120 Å². The molecule has 100 valence electrons. The minimum Gasteiger partial charge on any atom is -0.497 e. The van der Waals surface area contributed by atoms with E-state index >= 15 is 0 Å². The number of hydrogen-bond donors (Lipinski definition) is 0. The van der Waals surface area contributed by atoms with Crippen molar-refractivity contribution in [3.8, 4) is 11.8 Å². The Hall–Kier alpha value is -2.52. The molecule has 20 heavy (non-hydrogen) atoms. The molecule has 2 aromatic rings. The summed E-state index contributed by atoms with van der Waals surface area (Å²) in [6.45, 7) is 0. The number of nitrogens with zero attached hydrogens (tertiary/aromatic N) is 2. The van der Waals surface area contributed by atoms with Crippen LogP contribution >= 0.6 is 11.8 Å². The molecule has 0 N–H and O–H groups in total. The van der Waals surface area contributed by atoms with Crippen molar-refractivity contribution in [3.63, 3.8) is 0 Å². The van der Waals surface area contributed by atoms with E-state index in [9.17, 15) is 10.1 Å². The molecule has 0 saturated carbocycles. The van der Waals surface area contributed by atoms with E-state index in [0.717, 1.165) is 0 Å². The van der Waals surface area contributed by atoms with Gasteiger partial charge in [-0.2, -0.15) is 5.26 Å². The zero-order valence-electron chi connectivity index (χ0n) is 10.6. The number of methoxy groups -OCH3 is 1. The van der Waals surface area contributed by atoms with Crippen molar-refractivity contribution in [1.29, 1.82) is 5.26 Å². The maximum absolute atomic E-state index is 11.0. The third-order valence-electron chi connectivity index (χ3n) is 2.59. The van der Waals surface area contributed by atoms with Gasteiger partial charge in [0.25, 0.3) is 5.69 Å². The van der Waals surface area contributed by atoms with E-state index in [2.05, 4.69) is 6.07 Å². The van der Waals surface area contributed by atoms with E-state index in [-0.39, 0.29) is 5.69 Å². The fourth-order valence-corrected chi connectivity index (χ4v) is 2.65. The van der Waals surface area contributed by atoms with Crippen LogP contribution in [0.2, 0.25) is 0 Å². The van der Waals surface area contributed by atoms with Gasteiger partial charge in [-0.1, -0.05) is 23.9 Å². The van der Waals surface area contributed by atoms with E-state index < -0.39 is 4.92 Å². The molecular weight excluding hydrogens is 276 g/mol. The van der Waals surface area contributed by atoms with Crippen molar-refractivity contribution < 1.29 is 9.66 Å². The van der Waals surface area contributed by atoms with Gasteiger partial charge in [0.2, 0.25) is 0 Å². The summed E-state index contributed by atoms with van der Waals surface area (Å²) in [5.74, 6) is 0.602. The van der Waals surface area contributed by atoms with Crippen LogP contribution in [0.5, 0.6) is 5.75 Å². The molecule has 0 saturated heterocycles. The molecule has 0 unspecified atom stereocenters. The third-order valence-corrected chi connectivity index (χ3v) is 3.71. The first-order valence-corrected chi connectivity index (χ1v) is 6.46. The summed E-state index contributed by atoms with van der Waals surface area (Å²) < 4.78 is 5.11. The SMILES string of the molecule is COc1ccc(C#N)c(Sc2ccccc2[N+](=O)[O-])c1. The van der Waals surface area contributed by atoms with Crippen molar-refractivity contribution in [1.82, 2.24) is 0 Å². The molecule has 0 aliphatic carbocycles.